The molecule has 2 unspecified atom stereocenters. The summed E-state index contributed by atoms with van der Waals surface area (Å²) in [6, 6.07) is 81.8. The normalized spacial score (nSPS) is 15.7. The SMILES string of the molecule is Cc1cc2c(c3ccc(C4=NC(c5ccccc5)=NC(C5C=CC=CC5)N4)cc3n2-c2ccccc2)c2c1c1cc(-n3c4ccccc4c4c3ccc3c5ccccc5n(-c5ccccc5)c34)ccc1n2-c1ccccc1. The number of allylic oxidation sites excluding steroid dienone is 3. The highest BCUT2D eigenvalue weighted by Gasteiger charge is 2.29. The van der Waals surface area contributed by atoms with Crippen LogP contribution in [0, 0.1) is 12.8 Å². The largest absolute Gasteiger partial charge is 0.347 e. The molecule has 0 saturated heterocycles. The van der Waals surface area contributed by atoms with Gasteiger partial charge in [-0.15, -0.1) is 0 Å². The van der Waals surface area contributed by atoms with Crippen LogP contribution in [0.15, 0.2) is 259 Å². The molecule has 1 aliphatic carbocycles. The van der Waals surface area contributed by atoms with Gasteiger partial charge < -0.3 is 23.6 Å². The third kappa shape index (κ3) is 6.56. The van der Waals surface area contributed by atoms with Crippen molar-refractivity contribution in [1.82, 2.24) is 23.6 Å². The Morgan fingerprint density at radius 3 is 1.69 bits per heavy atom. The number of aliphatic imine (C=N–C) groups is 2. The molecule has 7 nitrogen and oxygen atoms in total. The molecule has 2 atom stereocenters. The molecule has 4 aromatic heterocycles. The minimum Gasteiger partial charge on any atom is -0.347 e. The summed E-state index contributed by atoms with van der Waals surface area (Å²) in [4.78, 5) is 10.5. The number of nitrogens with one attached hydrogen (secondary N) is 1. The number of rotatable bonds is 7. The first-order valence-electron chi connectivity index (χ1n) is 26.6. The van der Waals surface area contributed by atoms with Crippen molar-refractivity contribution in [3.05, 3.63) is 265 Å². The molecule has 1 aliphatic heterocycles. The van der Waals surface area contributed by atoms with Gasteiger partial charge >= 0.3 is 0 Å². The number of hydrogen-bond acceptors (Lipinski definition) is 3. The van der Waals surface area contributed by atoms with Crippen molar-refractivity contribution in [3.8, 4) is 22.7 Å². The van der Waals surface area contributed by atoms with E-state index in [-0.39, 0.29) is 12.1 Å². The molecule has 5 heterocycles. The summed E-state index contributed by atoms with van der Waals surface area (Å²) >= 11 is 0. The average Bonchev–Trinajstić information content (AvgIpc) is 4.43. The van der Waals surface area contributed by atoms with E-state index in [2.05, 4.69) is 273 Å². The fraction of sp³-hybridized carbons (Fsp3) is 0.0571. The van der Waals surface area contributed by atoms with Crippen LogP contribution in [-0.4, -0.2) is 36.1 Å². The smallest absolute Gasteiger partial charge is 0.159 e. The summed E-state index contributed by atoms with van der Waals surface area (Å²) in [6.07, 6.45) is 9.48. The maximum absolute atomic E-state index is 5.28. The summed E-state index contributed by atoms with van der Waals surface area (Å²) in [5, 5.41) is 13.6. The molecule has 0 saturated carbocycles. The Balaban J connectivity index is 0.960. The van der Waals surface area contributed by atoms with Crippen LogP contribution in [-0.2, 0) is 0 Å². The zero-order valence-electron chi connectivity index (χ0n) is 42.2. The molecule has 2 aliphatic rings. The monoisotopic (exact) mass is 987 g/mol. The number of para-hydroxylation sites is 5. The van der Waals surface area contributed by atoms with Crippen LogP contribution in [0.25, 0.3) is 110 Å². The number of nitrogens with zero attached hydrogens (tertiary/aromatic N) is 6. The van der Waals surface area contributed by atoms with E-state index in [0.717, 1.165) is 68.5 Å². The molecule has 0 fully saturated rings. The standard InChI is InChI=1S/C70H49N7/c1-44-41-62-65(55-37-35-47(42-61(55)74(62)48-25-11-4-12-26-48)70-72-68(45-21-7-2-8-22-45)71-69(73-70)46-23-9-3-10-24-46)67-63(44)56-43-51(36-39-59(56)77(67)50-29-15-6-16-30-50)75-58-34-20-18-32-54(58)64-60(75)40-38-53-52-31-17-19-33-57(52)76(66(53)64)49-27-13-5-14-28-49/h2-23,25-43,46,69H,24H2,1H3,(H,71,72,73). The van der Waals surface area contributed by atoms with Crippen LogP contribution in [0.3, 0.4) is 0 Å². The van der Waals surface area contributed by atoms with E-state index in [4.69, 9.17) is 9.98 Å². The molecule has 0 radical (unpaired) electrons. The third-order valence-electron chi connectivity index (χ3n) is 16.2. The minimum atomic E-state index is -0.173. The number of benzene rings is 10. The summed E-state index contributed by atoms with van der Waals surface area (Å²) < 4.78 is 9.91. The second kappa shape index (κ2) is 17.0. The Morgan fingerprint density at radius 1 is 0.403 bits per heavy atom. The van der Waals surface area contributed by atoms with Gasteiger partial charge in [-0.05, 0) is 104 Å². The van der Waals surface area contributed by atoms with E-state index in [1.54, 1.807) is 0 Å². The van der Waals surface area contributed by atoms with Gasteiger partial charge in [0.15, 0.2) is 5.84 Å². The summed E-state index contributed by atoms with van der Waals surface area (Å²) in [7, 11) is 0. The Bertz CT molecular complexity index is 4850. The van der Waals surface area contributed by atoms with E-state index in [1.165, 1.54) is 76.2 Å². The number of amidine groups is 2. The average molecular weight is 988 g/mol. The Hall–Kier alpha value is -9.98. The van der Waals surface area contributed by atoms with Crippen LogP contribution < -0.4 is 5.32 Å². The van der Waals surface area contributed by atoms with Gasteiger partial charge in [0, 0.05) is 82.9 Å². The van der Waals surface area contributed by atoms with Crippen molar-refractivity contribution < 1.29 is 0 Å². The highest BCUT2D eigenvalue weighted by Crippen LogP contribution is 2.46. The first kappa shape index (κ1) is 43.4. The van der Waals surface area contributed by atoms with E-state index in [1.807, 2.05) is 6.07 Å². The zero-order chi connectivity index (χ0) is 50.7. The maximum Gasteiger partial charge on any atom is 0.159 e. The van der Waals surface area contributed by atoms with Crippen molar-refractivity contribution in [2.24, 2.45) is 15.9 Å². The number of hydrogen-bond donors (Lipinski definition) is 1. The molecule has 1 N–H and O–H groups in total. The van der Waals surface area contributed by atoms with Crippen LogP contribution >= 0.6 is 0 Å². The number of aromatic nitrogens is 4. The first-order valence-corrected chi connectivity index (χ1v) is 26.6. The lowest BCUT2D eigenvalue weighted by atomic mass is 9.96. The molecular formula is C70H49N7. The molecular weight excluding hydrogens is 939 g/mol. The predicted molar refractivity (Wildman–Crippen MR) is 321 cm³/mol. The van der Waals surface area contributed by atoms with Crippen molar-refractivity contribution in [3.63, 3.8) is 0 Å². The molecule has 7 heteroatoms. The quantitative estimate of drug-likeness (QED) is 0.170. The molecule has 16 rings (SSSR count). The topological polar surface area (TPSA) is 56.5 Å². The second-order valence-electron chi connectivity index (χ2n) is 20.6. The van der Waals surface area contributed by atoms with Gasteiger partial charge in [-0.25, -0.2) is 9.98 Å². The van der Waals surface area contributed by atoms with E-state index < -0.39 is 0 Å². The fourth-order valence-corrected chi connectivity index (χ4v) is 12.9. The number of fused-ring (bicyclic) bond motifs is 14. The van der Waals surface area contributed by atoms with E-state index >= 15 is 0 Å². The molecule has 10 aromatic carbocycles. The van der Waals surface area contributed by atoms with Crippen LogP contribution in [0.4, 0.5) is 0 Å². The van der Waals surface area contributed by atoms with Gasteiger partial charge in [0.05, 0.1) is 44.1 Å². The van der Waals surface area contributed by atoms with Gasteiger partial charge in [0.1, 0.15) is 12.0 Å². The van der Waals surface area contributed by atoms with Crippen LogP contribution in [0.1, 0.15) is 23.1 Å². The van der Waals surface area contributed by atoms with Gasteiger partial charge in [-0.1, -0.05) is 164 Å². The van der Waals surface area contributed by atoms with Crippen LogP contribution in [0.5, 0.6) is 0 Å². The van der Waals surface area contributed by atoms with Crippen molar-refractivity contribution >= 4 is 98.9 Å². The highest BCUT2D eigenvalue weighted by atomic mass is 15.2. The van der Waals surface area contributed by atoms with Gasteiger partial charge in [-0.2, -0.15) is 0 Å². The highest BCUT2D eigenvalue weighted by molar-refractivity contribution is 6.29. The molecule has 364 valence electrons. The Kier molecular flexibility index (Phi) is 9.60. The zero-order valence-corrected chi connectivity index (χ0v) is 42.2. The summed E-state index contributed by atoms with van der Waals surface area (Å²) in [5.41, 5.74) is 17.1. The lowest BCUT2D eigenvalue weighted by molar-refractivity contribution is 0.475. The number of aryl methyl sites for hydroxylation is 1. The Labute approximate surface area is 443 Å². The van der Waals surface area contributed by atoms with Gasteiger partial charge in [-0.3, -0.25) is 0 Å². The molecule has 14 aromatic rings. The third-order valence-corrected chi connectivity index (χ3v) is 16.2. The molecule has 77 heavy (non-hydrogen) atoms. The summed E-state index contributed by atoms with van der Waals surface area (Å²) in [6.45, 7) is 2.29. The van der Waals surface area contributed by atoms with E-state index in [0.29, 0.717) is 0 Å². The Morgan fingerprint density at radius 2 is 0.974 bits per heavy atom. The first-order chi connectivity index (χ1) is 38.1. The van der Waals surface area contributed by atoms with Crippen molar-refractivity contribution in [2.75, 3.05) is 0 Å². The second-order valence-corrected chi connectivity index (χ2v) is 20.6. The lowest BCUT2D eigenvalue weighted by Crippen LogP contribution is -2.43. The summed E-state index contributed by atoms with van der Waals surface area (Å²) in [5.74, 6) is 1.75. The van der Waals surface area contributed by atoms with Crippen molar-refractivity contribution in [2.45, 2.75) is 19.5 Å². The molecule has 0 spiro atoms. The predicted octanol–water partition coefficient (Wildman–Crippen LogP) is 16.6. The maximum atomic E-state index is 5.28. The van der Waals surface area contributed by atoms with E-state index in [9.17, 15) is 0 Å². The lowest BCUT2D eigenvalue weighted by Gasteiger charge is -2.28. The molecule has 0 bridgehead atoms. The minimum absolute atomic E-state index is 0.173. The molecule has 0 amide bonds. The van der Waals surface area contributed by atoms with Gasteiger partial charge in [0.25, 0.3) is 0 Å². The van der Waals surface area contributed by atoms with Gasteiger partial charge in [0.2, 0.25) is 0 Å². The van der Waals surface area contributed by atoms with Crippen LogP contribution in [0.2, 0.25) is 0 Å². The fourth-order valence-electron chi connectivity index (χ4n) is 12.9. The van der Waals surface area contributed by atoms with Crippen molar-refractivity contribution in [1.29, 1.82) is 0 Å².